The van der Waals surface area contributed by atoms with E-state index in [-0.39, 0.29) is 18.3 Å². The van der Waals surface area contributed by atoms with Crippen molar-refractivity contribution in [3.8, 4) is 0 Å². The zero-order valence-corrected chi connectivity index (χ0v) is 17.6. The van der Waals surface area contributed by atoms with Crippen molar-refractivity contribution < 1.29 is 19.1 Å². The number of hydrogen-bond donors (Lipinski definition) is 1. The minimum atomic E-state index is -0.561. The highest BCUT2D eigenvalue weighted by Gasteiger charge is 2.28. The molecule has 1 amide bonds. The molecule has 0 atom stereocenters. The van der Waals surface area contributed by atoms with Gasteiger partial charge in [0.2, 0.25) is 0 Å². The van der Waals surface area contributed by atoms with E-state index >= 15 is 0 Å². The highest BCUT2D eigenvalue weighted by atomic mass is 16.6. The summed E-state index contributed by atoms with van der Waals surface area (Å²) in [6.45, 7) is 8.55. The number of carbonyl (C=O) groups excluding carboxylic acids is 2. The van der Waals surface area contributed by atoms with Gasteiger partial charge in [-0.25, -0.2) is 14.6 Å². The van der Waals surface area contributed by atoms with Crippen molar-refractivity contribution in [2.75, 3.05) is 24.6 Å². The van der Waals surface area contributed by atoms with Crippen molar-refractivity contribution in [2.45, 2.75) is 52.6 Å². The molecule has 1 aromatic rings. The van der Waals surface area contributed by atoms with Crippen LogP contribution in [0.5, 0.6) is 0 Å². The second kappa shape index (κ2) is 10.0. The Labute approximate surface area is 171 Å². The lowest BCUT2D eigenvalue weighted by Crippen LogP contribution is -2.40. The Kier molecular flexibility index (Phi) is 7.75. The maximum Gasteiger partial charge on any atom is 0.416 e. The molecule has 0 saturated carbocycles. The first-order valence-corrected chi connectivity index (χ1v) is 9.83. The van der Waals surface area contributed by atoms with Gasteiger partial charge in [-0.2, -0.15) is 0 Å². The molecule has 0 radical (unpaired) electrons. The Balaban J connectivity index is 2.05. The molecule has 8 heteroatoms. The summed E-state index contributed by atoms with van der Waals surface area (Å²) >= 11 is 0. The summed E-state index contributed by atoms with van der Waals surface area (Å²) in [5.74, 6) is 0.153. The first kappa shape index (κ1) is 22.4. The third-order valence-electron chi connectivity index (χ3n) is 4.13. The standard InChI is InChI=1S/C21H30N4O4/c1-5-28-19(26)16(13-22)14-23-11-10-17-9-8-15-7-6-12-25(18(15)24-17)20(27)29-21(2,3)4/h8-9,13-14H,5-7,10-12,22H2,1-4H3. The lowest BCUT2D eigenvalue weighted by atomic mass is 10.1. The van der Waals surface area contributed by atoms with Gasteiger partial charge in [0.15, 0.2) is 0 Å². The molecule has 158 valence electrons. The second-order valence-corrected chi connectivity index (χ2v) is 7.65. The fourth-order valence-electron chi connectivity index (χ4n) is 2.83. The largest absolute Gasteiger partial charge is 0.462 e. The van der Waals surface area contributed by atoms with Crippen LogP contribution in [0.15, 0.2) is 28.9 Å². The third kappa shape index (κ3) is 6.58. The number of ether oxygens (including phenoxy) is 2. The van der Waals surface area contributed by atoms with Gasteiger partial charge in [0, 0.05) is 37.6 Å². The van der Waals surface area contributed by atoms with Gasteiger partial charge in [0.05, 0.1) is 12.2 Å². The number of rotatable bonds is 6. The minimum absolute atomic E-state index is 0.210. The van der Waals surface area contributed by atoms with Gasteiger partial charge in [0.25, 0.3) is 0 Å². The zero-order chi connectivity index (χ0) is 21.4. The van der Waals surface area contributed by atoms with E-state index in [9.17, 15) is 9.59 Å². The normalized spacial score (nSPS) is 14.6. The Hall–Kier alpha value is -2.90. The molecule has 0 aromatic carbocycles. The van der Waals surface area contributed by atoms with E-state index in [1.165, 1.54) is 12.4 Å². The molecule has 0 bridgehead atoms. The number of aryl methyl sites for hydroxylation is 1. The van der Waals surface area contributed by atoms with E-state index < -0.39 is 11.6 Å². The first-order chi connectivity index (χ1) is 13.7. The molecule has 2 N–H and O–H groups in total. The summed E-state index contributed by atoms with van der Waals surface area (Å²) in [5.41, 5.74) is 6.94. The van der Waals surface area contributed by atoms with E-state index in [2.05, 4.69) is 9.98 Å². The number of aliphatic imine (C=N–C) groups is 1. The number of aromatic nitrogens is 1. The maximum absolute atomic E-state index is 12.6. The van der Waals surface area contributed by atoms with Crippen LogP contribution in [0.3, 0.4) is 0 Å². The van der Waals surface area contributed by atoms with Crippen molar-refractivity contribution in [1.29, 1.82) is 0 Å². The molecule has 1 aliphatic heterocycles. The number of carbonyl (C=O) groups is 2. The molecule has 1 aliphatic rings. The summed E-state index contributed by atoms with van der Waals surface area (Å²) in [7, 11) is 0. The van der Waals surface area contributed by atoms with Crippen LogP contribution in [0, 0.1) is 0 Å². The Morgan fingerprint density at radius 3 is 2.76 bits per heavy atom. The molecule has 1 aromatic heterocycles. The van der Waals surface area contributed by atoms with E-state index in [1.54, 1.807) is 11.8 Å². The molecular formula is C21H30N4O4. The summed E-state index contributed by atoms with van der Waals surface area (Å²) in [6.07, 6.45) is 4.52. The van der Waals surface area contributed by atoms with Gasteiger partial charge in [-0.1, -0.05) is 6.07 Å². The summed E-state index contributed by atoms with van der Waals surface area (Å²) < 4.78 is 10.4. The monoisotopic (exact) mass is 402 g/mol. The van der Waals surface area contributed by atoms with Crippen molar-refractivity contribution >= 4 is 24.1 Å². The molecule has 2 heterocycles. The predicted molar refractivity (Wildman–Crippen MR) is 112 cm³/mol. The van der Waals surface area contributed by atoms with Gasteiger partial charge in [-0.05, 0) is 52.2 Å². The molecule has 0 unspecified atom stereocenters. The summed E-state index contributed by atoms with van der Waals surface area (Å²) in [6, 6.07) is 3.94. The Morgan fingerprint density at radius 2 is 2.10 bits per heavy atom. The van der Waals surface area contributed by atoms with E-state index in [4.69, 9.17) is 15.2 Å². The predicted octanol–water partition coefficient (Wildman–Crippen LogP) is 2.79. The maximum atomic E-state index is 12.6. The highest BCUT2D eigenvalue weighted by Crippen LogP contribution is 2.27. The van der Waals surface area contributed by atoms with Crippen molar-refractivity contribution in [3.05, 3.63) is 35.2 Å². The van der Waals surface area contributed by atoms with Crippen LogP contribution in [0.1, 0.15) is 45.4 Å². The average molecular weight is 402 g/mol. The van der Waals surface area contributed by atoms with Gasteiger partial charge in [-0.3, -0.25) is 9.89 Å². The zero-order valence-electron chi connectivity index (χ0n) is 17.6. The quantitative estimate of drug-likeness (QED) is 0.445. The Bertz CT molecular complexity index is 796. The average Bonchev–Trinajstić information content (AvgIpc) is 2.66. The molecule has 0 aliphatic carbocycles. The van der Waals surface area contributed by atoms with Crippen molar-refractivity contribution in [2.24, 2.45) is 10.7 Å². The van der Waals surface area contributed by atoms with Gasteiger partial charge in [0.1, 0.15) is 11.4 Å². The number of anilines is 1. The minimum Gasteiger partial charge on any atom is -0.462 e. The second-order valence-electron chi connectivity index (χ2n) is 7.65. The van der Waals surface area contributed by atoms with Crippen molar-refractivity contribution in [1.82, 2.24) is 4.98 Å². The van der Waals surface area contributed by atoms with Crippen molar-refractivity contribution in [3.63, 3.8) is 0 Å². The van der Waals surface area contributed by atoms with E-state index in [0.29, 0.717) is 25.3 Å². The molecule has 0 fully saturated rings. The van der Waals surface area contributed by atoms with Crippen LogP contribution in [-0.2, 0) is 27.1 Å². The highest BCUT2D eigenvalue weighted by molar-refractivity contribution is 6.09. The lowest BCUT2D eigenvalue weighted by Gasteiger charge is -2.31. The SMILES string of the molecule is CCOC(=O)C(C=NCCc1ccc2c(n1)N(C(=O)OC(C)(C)C)CCC2)=CN. The van der Waals surface area contributed by atoms with Gasteiger partial charge in [-0.15, -0.1) is 0 Å². The topological polar surface area (TPSA) is 107 Å². The Morgan fingerprint density at radius 1 is 1.34 bits per heavy atom. The number of hydrogen-bond acceptors (Lipinski definition) is 7. The fourth-order valence-corrected chi connectivity index (χ4v) is 2.83. The van der Waals surface area contributed by atoms with Crippen LogP contribution in [0.4, 0.5) is 10.6 Å². The van der Waals surface area contributed by atoms with Crippen LogP contribution < -0.4 is 10.6 Å². The molecule has 0 saturated heterocycles. The van der Waals surface area contributed by atoms with Crippen LogP contribution >= 0.6 is 0 Å². The molecule has 0 spiro atoms. The van der Waals surface area contributed by atoms with Crippen LogP contribution in [-0.4, -0.2) is 48.6 Å². The molecule has 2 rings (SSSR count). The lowest BCUT2D eigenvalue weighted by molar-refractivity contribution is -0.137. The number of fused-ring (bicyclic) bond motifs is 1. The summed E-state index contributed by atoms with van der Waals surface area (Å²) in [4.78, 5) is 34.7. The van der Waals surface area contributed by atoms with Gasteiger partial charge < -0.3 is 15.2 Å². The number of pyridine rings is 1. The van der Waals surface area contributed by atoms with E-state index in [0.717, 1.165) is 24.1 Å². The smallest absolute Gasteiger partial charge is 0.416 e. The first-order valence-electron chi connectivity index (χ1n) is 9.83. The molecule has 29 heavy (non-hydrogen) atoms. The number of amides is 1. The van der Waals surface area contributed by atoms with E-state index in [1.807, 2.05) is 32.9 Å². The number of nitrogens with two attached hydrogens (primary N) is 1. The molecular weight excluding hydrogens is 372 g/mol. The van der Waals surface area contributed by atoms with Crippen LogP contribution in [0.2, 0.25) is 0 Å². The number of esters is 1. The van der Waals surface area contributed by atoms with Crippen LogP contribution in [0.25, 0.3) is 0 Å². The number of nitrogens with zero attached hydrogens (tertiary/aromatic N) is 3. The fraction of sp³-hybridized carbons (Fsp3) is 0.524. The third-order valence-corrected chi connectivity index (χ3v) is 4.13. The van der Waals surface area contributed by atoms with Gasteiger partial charge >= 0.3 is 12.1 Å². The summed E-state index contributed by atoms with van der Waals surface area (Å²) in [5, 5.41) is 0. The molecule has 8 nitrogen and oxygen atoms in total.